The molecule has 2 heteroatoms. The van der Waals surface area contributed by atoms with Crippen molar-refractivity contribution in [1.82, 2.24) is 0 Å². The van der Waals surface area contributed by atoms with E-state index in [2.05, 4.69) is 25.1 Å². The second-order valence-corrected chi connectivity index (χ2v) is 6.02. The van der Waals surface area contributed by atoms with Gasteiger partial charge in [-0.05, 0) is 55.6 Å². The zero-order valence-corrected chi connectivity index (χ0v) is 11.4. The molecule has 2 aliphatic carbocycles. The minimum Gasteiger partial charge on any atom is -0.496 e. The molecular formula is C16H23NO. The molecule has 3 rings (SSSR count). The van der Waals surface area contributed by atoms with Gasteiger partial charge in [0.15, 0.2) is 0 Å². The Bertz CT molecular complexity index is 433. The zero-order valence-electron chi connectivity index (χ0n) is 11.4. The number of rotatable bonds is 4. The van der Waals surface area contributed by atoms with Crippen LogP contribution in [0.15, 0.2) is 18.2 Å². The predicted octanol–water partition coefficient (Wildman–Crippen LogP) is 2.92. The lowest BCUT2D eigenvalue weighted by atomic mass is 9.96. The Balaban J connectivity index is 1.70. The molecule has 0 spiro atoms. The number of nitrogens with two attached hydrogens (primary N) is 1. The smallest absolute Gasteiger partial charge is 0.122 e. The minimum atomic E-state index is 0.316. The van der Waals surface area contributed by atoms with Gasteiger partial charge in [-0.25, -0.2) is 0 Å². The van der Waals surface area contributed by atoms with E-state index in [4.69, 9.17) is 10.5 Å². The van der Waals surface area contributed by atoms with Crippen LogP contribution in [0.1, 0.15) is 30.4 Å². The predicted molar refractivity (Wildman–Crippen MR) is 73.7 cm³/mol. The number of benzene rings is 1. The molecule has 0 radical (unpaired) electrons. The van der Waals surface area contributed by atoms with Crippen LogP contribution in [0.25, 0.3) is 0 Å². The number of methoxy groups -OCH3 is 1. The molecule has 2 nitrogen and oxygen atoms in total. The Morgan fingerprint density at radius 1 is 1.33 bits per heavy atom. The lowest BCUT2D eigenvalue weighted by Gasteiger charge is -2.16. The molecule has 0 heterocycles. The molecule has 0 amide bonds. The highest BCUT2D eigenvalue weighted by atomic mass is 16.5. The summed E-state index contributed by atoms with van der Waals surface area (Å²) in [5, 5.41) is 0. The first-order valence-electron chi connectivity index (χ1n) is 7.10. The van der Waals surface area contributed by atoms with Gasteiger partial charge in [0.1, 0.15) is 5.75 Å². The van der Waals surface area contributed by atoms with E-state index in [0.29, 0.717) is 6.04 Å². The zero-order chi connectivity index (χ0) is 12.7. The molecule has 2 aliphatic rings. The van der Waals surface area contributed by atoms with Gasteiger partial charge in [-0.15, -0.1) is 0 Å². The van der Waals surface area contributed by atoms with Crippen LogP contribution < -0.4 is 10.5 Å². The van der Waals surface area contributed by atoms with Gasteiger partial charge in [0.25, 0.3) is 0 Å². The van der Waals surface area contributed by atoms with E-state index in [1.807, 2.05) is 0 Å². The summed E-state index contributed by atoms with van der Waals surface area (Å²) in [5.74, 6) is 3.65. The Labute approximate surface area is 110 Å². The van der Waals surface area contributed by atoms with Gasteiger partial charge in [0.2, 0.25) is 0 Å². The summed E-state index contributed by atoms with van der Waals surface area (Å²) >= 11 is 0. The van der Waals surface area contributed by atoms with Crippen molar-refractivity contribution in [3.63, 3.8) is 0 Å². The van der Waals surface area contributed by atoms with Gasteiger partial charge in [0.05, 0.1) is 7.11 Å². The third kappa shape index (κ3) is 2.03. The van der Waals surface area contributed by atoms with Crippen molar-refractivity contribution < 1.29 is 4.74 Å². The fourth-order valence-electron chi connectivity index (χ4n) is 3.97. The highest BCUT2D eigenvalue weighted by molar-refractivity contribution is 5.37. The molecule has 0 aliphatic heterocycles. The average Bonchev–Trinajstić information content (AvgIpc) is 2.84. The molecule has 0 saturated heterocycles. The Morgan fingerprint density at radius 3 is 2.72 bits per heavy atom. The molecule has 1 aromatic rings. The summed E-state index contributed by atoms with van der Waals surface area (Å²) in [6.07, 6.45) is 5.21. The molecule has 98 valence electrons. The van der Waals surface area contributed by atoms with Crippen molar-refractivity contribution in [2.24, 2.45) is 23.5 Å². The molecule has 2 saturated carbocycles. The van der Waals surface area contributed by atoms with Crippen LogP contribution in [0.4, 0.5) is 0 Å². The maximum Gasteiger partial charge on any atom is 0.122 e. The Morgan fingerprint density at radius 2 is 2.06 bits per heavy atom. The molecular weight excluding hydrogens is 222 g/mol. The summed E-state index contributed by atoms with van der Waals surface area (Å²) in [6, 6.07) is 6.69. The lowest BCUT2D eigenvalue weighted by Crippen LogP contribution is -2.27. The van der Waals surface area contributed by atoms with Crippen LogP contribution in [0.3, 0.4) is 0 Å². The summed E-state index contributed by atoms with van der Waals surface area (Å²) in [5.41, 5.74) is 8.98. The molecule has 2 fully saturated rings. The van der Waals surface area contributed by atoms with Crippen LogP contribution in [0.2, 0.25) is 0 Å². The number of fused-ring (bicyclic) bond motifs is 1. The summed E-state index contributed by atoms with van der Waals surface area (Å²) < 4.78 is 5.44. The third-order valence-corrected chi connectivity index (χ3v) is 4.86. The van der Waals surface area contributed by atoms with Gasteiger partial charge in [-0.1, -0.05) is 24.1 Å². The molecule has 18 heavy (non-hydrogen) atoms. The molecule has 3 unspecified atom stereocenters. The van der Waals surface area contributed by atoms with E-state index in [9.17, 15) is 0 Å². The van der Waals surface area contributed by atoms with Crippen molar-refractivity contribution >= 4 is 0 Å². The first-order chi connectivity index (χ1) is 8.70. The SMILES string of the molecule is COc1ccc(C)cc1CC(N)C1C2CCCC21. The number of hydrogen-bond donors (Lipinski definition) is 1. The van der Waals surface area contributed by atoms with Gasteiger partial charge in [-0.2, -0.15) is 0 Å². The van der Waals surface area contributed by atoms with Crippen molar-refractivity contribution in [3.8, 4) is 5.75 Å². The fourth-order valence-corrected chi connectivity index (χ4v) is 3.97. The van der Waals surface area contributed by atoms with E-state index in [0.717, 1.165) is 29.9 Å². The monoisotopic (exact) mass is 245 g/mol. The standard InChI is InChI=1S/C16H23NO/c1-10-6-7-15(18-2)11(8-10)9-14(17)16-12-4-3-5-13(12)16/h6-8,12-14,16H,3-5,9,17H2,1-2H3. The number of aryl methyl sites for hydroxylation is 1. The van der Waals surface area contributed by atoms with Crippen molar-refractivity contribution in [1.29, 1.82) is 0 Å². The fraction of sp³-hybridized carbons (Fsp3) is 0.625. The van der Waals surface area contributed by atoms with Gasteiger partial charge in [-0.3, -0.25) is 0 Å². The Hall–Kier alpha value is -1.02. The van der Waals surface area contributed by atoms with E-state index in [-0.39, 0.29) is 0 Å². The minimum absolute atomic E-state index is 0.316. The van der Waals surface area contributed by atoms with Crippen LogP contribution in [-0.2, 0) is 6.42 Å². The van der Waals surface area contributed by atoms with Crippen LogP contribution >= 0.6 is 0 Å². The van der Waals surface area contributed by atoms with E-state index < -0.39 is 0 Å². The first kappa shape index (κ1) is 12.0. The normalized spacial score (nSPS) is 30.9. The summed E-state index contributed by atoms with van der Waals surface area (Å²) in [7, 11) is 1.74. The molecule has 0 bridgehead atoms. The quantitative estimate of drug-likeness (QED) is 0.885. The second kappa shape index (κ2) is 4.58. The summed E-state index contributed by atoms with van der Waals surface area (Å²) in [4.78, 5) is 0. The second-order valence-electron chi connectivity index (χ2n) is 6.02. The van der Waals surface area contributed by atoms with Crippen molar-refractivity contribution in [3.05, 3.63) is 29.3 Å². The van der Waals surface area contributed by atoms with Crippen LogP contribution in [0, 0.1) is 24.7 Å². The van der Waals surface area contributed by atoms with Gasteiger partial charge >= 0.3 is 0 Å². The van der Waals surface area contributed by atoms with Gasteiger partial charge < -0.3 is 10.5 Å². The number of ether oxygens (including phenoxy) is 1. The number of hydrogen-bond acceptors (Lipinski definition) is 2. The topological polar surface area (TPSA) is 35.2 Å². The molecule has 2 N–H and O–H groups in total. The van der Waals surface area contributed by atoms with Gasteiger partial charge in [0, 0.05) is 6.04 Å². The lowest BCUT2D eigenvalue weighted by molar-refractivity contribution is 0.403. The van der Waals surface area contributed by atoms with E-state index >= 15 is 0 Å². The first-order valence-corrected chi connectivity index (χ1v) is 7.10. The largest absolute Gasteiger partial charge is 0.496 e. The molecule has 3 atom stereocenters. The van der Waals surface area contributed by atoms with Crippen LogP contribution in [0.5, 0.6) is 5.75 Å². The molecule has 0 aromatic heterocycles. The highest BCUT2D eigenvalue weighted by Crippen LogP contribution is 2.58. The van der Waals surface area contributed by atoms with Crippen molar-refractivity contribution in [2.75, 3.05) is 7.11 Å². The van der Waals surface area contributed by atoms with E-state index in [1.165, 1.54) is 30.4 Å². The molecule has 1 aromatic carbocycles. The van der Waals surface area contributed by atoms with Crippen LogP contribution in [-0.4, -0.2) is 13.2 Å². The maximum absolute atomic E-state index is 6.42. The van der Waals surface area contributed by atoms with Crippen molar-refractivity contribution in [2.45, 2.75) is 38.6 Å². The highest BCUT2D eigenvalue weighted by Gasteiger charge is 2.54. The van der Waals surface area contributed by atoms with E-state index in [1.54, 1.807) is 7.11 Å². The average molecular weight is 245 g/mol. The third-order valence-electron chi connectivity index (χ3n) is 4.86. The maximum atomic E-state index is 6.42. The summed E-state index contributed by atoms with van der Waals surface area (Å²) in [6.45, 7) is 2.13. The Kier molecular flexibility index (Phi) is 3.06.